The van der Waals surface area contributed by atoms with Gasteiger partial charge in [-0.3, -0.25) is 0 Å². The maximum atomic E-state index is 13.2. The first-order valence-electron chi connectivity index (χ1n) is 8.06. The van der Waals surface area contributed by atoms with Gasteiger partial charge in [0.05, 0.1) is 20.0 Å². The van der Waals surface area contributed by atoms with Crippen LogP contribution in [0.25, 0.3) is 21.9 Å². The first kappa shape index (κ1) is 15.4. The van der Waals surface area contributed by atoms with Crippen molar-refractivity contribution in [1.82, 2.24) is 9.55 Å². The third-order valence-electron chi connectivity index (χ3n) is 4.39. The molecular weight excluding hydrogens is 315 g/mol. The van der Waals surface area contributed by atoms with Gasteiger partial charge in [-0.2, -0.15) is 0 Å². The van der Waals surface area contributed by atoms with Crippen molar-refractivity contribution in [3.8, 4) is 16.9 Å². The van der Waals surface area contributed by atoms with E-state index in [9.17, 15) is 4.39 Å². The second kappa shape index (κ2) is 6.40. The highest BCUT2D eigenvalue weighted by Crippen LogP contribution is 2.32. The summed E-state index contributed by atoms with van der Waals surface area (Å²) in [6.07, 6.45) is 5.50. The van der Waals surface area contributed by atoms with Crippen molar-refractivity contribution >= 4 is 10.8 Å². The van der Waals surface area contributed by atoms with Crippen LogP contribution in [0.1, 0.15) is 5.56 Å². The molecule has 1 heterocycles. The molecule has 0 spiro atoms. The topological polar surface area (TPSA) is 27.1 Å². The molecule has 0 fully saturated rings. The number of imidazole rings is 1. The van der Waals surface area contributed by atoms with Crippen LogP contribution in [0.5, 0.6) is 5.75 Å². The summed E-state index contributed by atoms with van der Waals surface area (Å²) in [5.74, 6) is 0.632. The minimum atomic E-state index is -0.225. The molecule has 4 rings (SSSR count). The molecule has 4 heteroatoms. The summed E-state index contributed by atoms with van der Waals surface area (Å²) in [6.45, 7) is 0.691. The highest BCUT2D eigenvalue weighted by molar-refractivity contribution is 5.91. The van der Waals surface area contributed by atoms with E-state index in [2.05, 4.69) is 29.2 Å². The fourth-order valence-electron chi connectivity index (χ4n) is 3.11. The Morgan fingerprint density at radius 2 is 1.80 bits per heavy atom. The lowest BCUT2D eigenvalue weighted by Crippen LogP contribution is -2.00. The molecule has 0 N–H and O–H groups in total. The lowest BCUT2D eigenvalue weighted by Gasteiger charge is -2.14. The van der Waals surface area contributed by atoms with Gasteiger partial charge in [0.15, 0.2) is 0 Å². The van der Waals surface area contributed by atoms with Crippen molar-refractivity contribution in [1.29, 1.82) is 0 Å². The number of rotatable bonds is 4. The Morgan fingerprint density at radius 3 is 2.52 bits per heavy atom. The van der Waals surface area contributed by atoms with Crippen LogP contribution >= 0.6 is 0 Å². The Labute approximate surface area is 145 Å². The molecule has 0 aliphatic rings. The van der Waals surface area contributed by atoms with Crippen LogP contribution in [-0.2, 0) is 6.54 Å². The molecule has 124 valence electrons. The Hall–Kier alpha value is -3.14. The van der Waals surface area contributed by atoms with Crippen LogP contribution in [0.2, 0.25) is 0 Å². The number of ether oxygens (including phenoxy) is 1. The summed E-state index contributed by atoms with van der Waals surface area (Å²) in [5, 5.41) is 2.26. The van der Waals surface area contributed by atoms with Crippen molar-refractivity contribution in [3.63, 3.8) is 0 Å². The van der Waals surface area contributed by atoms with E-state index in [0.717, 1.165) is 33.2 Å². The molecule has 3 nitrogen and oxygen atoms in total. The fourth-order valence-corrected chi connectivity index (χ4v) is 3.11. The zero-order chi connectivity index (χ0) is 17.2. The van der Waals surface area contributed by atoms with Gasteiger partial charge in [0.25, 0.3) is 0 Å². The maximum absolute atomic E-state index is 13.2. The first-order chi connectivity index (χ1) is 12.2. The van der Waals surface area contributed by atoms with Gasteiger partial charge in [-0.15, -0.1) is 0 Å². The monoisotopic (exact) mass is 332 g/mol. The molecule has 0 bridgehead atoms. The van der Waals surface area contributed by atoms with Crippen LogP contribution in [-0.4, -0.2) is 16.7 Å². The molecule has 0 saturated heterocycles. The normalized spacial score (nSPS) is 11.0. The number of nitrogens with zero attached hydrogens (tertiary/aromatic N) is 2. The van der Waals surface area contributed by atoms with Crippen molar-refractivity contribution < 1.29 is 9.13 Å². The van der Waals surface area contributed by atoms with E-state index in [1.165, 1.54) is 12.1 Å². The van der Waals surface area contributed by atoms with E-state index in [1.807, 2.05) is 16.8 Å². The Balaban J connectivity index is 1.82. The predicted molar refractivity (Wildman–Crippen MR) is 97.2 cm³/mol. The molecular formula is C21H17FN2O. The third kappa shape index (κ3) is 2.98. The van der Waals surface area contributed by atoms with Gasteiger partial charge in [-0.1, -0.05) is 30.3 Å². The largest absolute Gasteiger partial charge is 0.496 e. The van der Waals surface area contributed by atoms with Crippen LogP contribution in [0, 0.1) is 5.82 Å². The minimum Gasteiger partial charge on any atom is -0.496 e. The van der Waals surface area contributed by atoms with Crippen molar-refractivity contribution in [2.45, 2.75) is 6.54 Å². The maximum Gasteiger partial charge on any atom is 0.124 e. The molecule has 0 radical (unpaired) electrons. The quantitative estimate of drug-likeness (QED) is 0.531. The van der Waals surface area contributed by atoms with Gasteiger partial charge >= 0.3 is 0 Å². The summed E-state index contributed by atoms with van der Waals surface area (Å²) in [4.78, 5) is 4.11. The van der Waals surface area contributed by atoms with Crippen LogP contribution in [0.4, 0.5) is 4.39 Å². The van der Waals surface area contributed by atoms with E-state index < -0.39 is 0 Å². The molecule has 0 saturated carbocycles. The third-order valence-corrected chi connectivity index (χ3v) is 4.39. The summed E-state index contributed by atoms with van der Waals surface area (Å²) in [5.41, 5.74) is 3.17. The summed E-state index contributed by atoms with van der Waals surface area (Å²) in [7, 11) is 1.69. The van der Waals surface area contributed by atoms with E-state index in [4.69, 9.17) is 4.74 Å². The van der Waals surface area contributed by atoms with Gasteiger partial charge in [-0.25, -0.2) is 9.37 Å². The van der Waals surface area contributed by atoms with Crippen LogP contribution in [0.15, 0.2) is 73.3 Å². The lowest BCUT2D eigenvalue weighted by atomic mass is 9.98. The minimum absolute atomic E-state index is 0.225. The van der Waals surface area contributed by atoms with Crippen molar-refractivity contribution in [2.24, 2.45) is 0 Å². The molecule has 4 aromatic rings. The summed E-state index contributed by atoms with van der Waals surface area (Å²) < 4.78 is 20.7. The molecule has 1 aromatic heterocycles. The summed E-state index contributed by atoms with van der Waals surface area (Å²) >= 11 is 0. The molecule has 3 aromatic carbocycles. The number of hydrogen-bond donors (Lipinski definition) is 0. The van der Waals surface area contributed by atoms with Gasteiger partial charge in [0.1, 0.15) is 11.6 Å². The molecule has 0 unspecified atom stereocenters. The number of methoxy groups -OCH3 is 1. The van der Waals surface area contributed by atoms with Crippen molar-refractivity contribution in [2.75, 3.05) is 7.11 Å². The predicted octanol–water partition coefficient (Wildman–Crippen LogP) is 4.90. The molecule has 0 amide bonds. The molecule has 0 aliphatic heterocycles. The highest BCUT2D eigenvalue weighted by atomic mass is 19.1. The van der Waals surface area contributed by atoms with Crippen LogP contribution < -0.4 is 4.74 Å². The number of fused-ring (bicyclic) bond motifs is 1. The lowest BCUT2D eigenvalue weighted by molar-refractivity contribution is 0.409. The Kier molecular flexibility index (Phi) is 3.94. The number of hydrogen-bond acceptors (Lipinski definition) is 2. The van der Waals surface area contributed by atoms with Gasteiger partial charge in [0.2, 0.25) is 0 Å². The van der Waals surface area contributed by atoms with Crippen molar-refractivity contribution in [3.05, 3.63) is 84.7 Å². The first-order valence-corrected chi connectivity index (χ1v) is 8.06. The second-order valence-corrected chi connectivity index (χ2v) is 5.92. The average Bonchev–Trinajstić information content (AvgIpc) is 3.15. The SMILES string of the molecule is COc1ccc2cc(-c3ccc(F)cc3)ccc2c1Cn1ccnc1. The Morgan fingerprint density at radius 1 is 1.00 bits per heavy atom. The fraction of sp³-hybridized carbons (Fsp3) is 0.0952. The average molecular weight is 332 g/mol. The zero-order valence-electron chi connectivity index (χ0n) is 13.8. The number of aromatic nitrogens is 2. The number of benzene rings is 3. The Bertz CT molecular complexity index is 1010. The van der Waals surface area contributed by atoms with Crippen LogP contribution in [0.3, 0.4) is 0 Å². The van der Waals surface area contributed by atoms with Gasteiger partial charge in [0, 0.05) is 18.0 Å². The highest BCUT2D eigenvalue weighted by Gasteiger charge is 2.10. The van der Waals surface area contributed by atoms with E-state index in [0.29, 0.717) is 6.54 Å². The standard InChI is InChI=1S/C21H17FN2O/c1-25-21-9-5-17-12-16(15-2-6-18(22)7-3-15)4-8-19(17)20(21)13-24-11-10-23-14-24/h2-12,14H,13H2,1H3. The zero-order valence-corrected chi connectivity index (χ0v) is 13.8. The summed E-state index contributed by atoms with van der Waals surface area (Å²) in [6, 6.07) is 16.9. The molecule has 0 atom stereocenters. The number of halogens is 1. The smallest absolute Gasteiger partial charge is 0.124 e. The van der Waals surface area contributed by atoms with E-state index in [1.54, 1.807) is 31.8 Å². The molecule has 25 heavy (non-hydrogen) atoms. The van der Waals surface area contributed by atoms with E-state index in [-0.39, 0.29) is 5.82 Å². The second-order valence-electron chi connectivity index (χ2n) is 5.92. The molecule has 0 aliphatic carbocycles. The van der Waals surface area contributed by atoms with E-state index >= 15 is 0 Å². The van der Waals surface area contributed by atoms with Gasteiger partial charge in [-0.05, 0) is 46.2 Å². The van der Waals surface area contributed by atoms with Gasteiger partial charge < -0.3 is 9.30 Å².